The highest BCUT2D eigenvalue weighted by Crippen LogP contribution is 2.36. The van der Waals surface area contributed by atoms with Gasteiger partial charge in [0.05, 0.1) is 18.1 Å². The number of morpholine rings is 1. The van der Waals surface area contributed by atoms with Crippen molar-refractivity contribution >= 4 is 23.0 Å². The molecule has 0 atom stereocenters. The summed E-state index contributed by atoms with van der Waals surface area (Å²) in [4.78, 5) is 21.7. The lowest BCUT2D eigenvalue weighted by Gasteiger charge is -2.26. The summed E-state index contributed by atoms with van der Waals surface area (Å²) in [6, 6.07) is 5.25. The summed E-state index contributed by atoms with van der Waals surface area (Å²) in [5.41, 5.74) is 0.415. The molecule has 1 aromatic heterocycles. The molecule has 1 saturated heterocycles. The number of ether oxygens (including phenoxy) is 3. The Hall–Kier alpha value is -3.18. The Bertz CT molecular complexity index is 890. The van der Waals surface area contributed by atoms with Gasteiger partial charge in [-0.05, 0) is 25.1 Å². The molecule has 0 radical (unpaired) electrons. The van der Waals surface area contributed by atoms with E-state index in [1.807, 2.05) is 0 Å². The molecule has 2 aliphatic rings. The van der Waals surface area contributed by atoms with Crippen LogP contribution in [-0.2, 0) is 4.74 Å². The van der Waals surface area contributed by atoms with Gasteiger partial charge < -0.3 is 24.8 Å². The van der Waals surface area contributed by atoms with Crippen molar-refractivity contribution in [1.82, 2.24) is 14.9 Å². The van der Waals surface area contributed by atoms with E-state index in [0.29, 0.717) is 36.9 Å². The summed E-state index contributed by atoms with van der Waals surface area (Å²) in [7, 11) is 0. The molecule has 1 fully saturated rings. The first-order valence-electron chi connectivity index (χ1n) is 9.91. The molecule has 0 aliphatic carbocycles. The lowest BCUT2D eigenvalue weighted by atomic mass is 10.2. The van der Waals surface area contributed by atoms with Crippen molar-refractivity contribution in [2.24, 2.45) is 0 Å². The molecular formula is C19H24N6O5. The van der Waals surface area contributed by atoms with E-state index in [-0.39, 0.29) is 17.3 Å². The number of aromatic nitrogens is 2. The lowest BCUT2D eigenvalue weighted by molar-refractivity contribution is -0.383. The van der Waals surface area contributed by atoms with E-state index in [1.165, 1.54) is 6.33 Å². The third kappa shape index (κ3) is 4.86. The second kappa shape index (κ2) is 9.55. The quantitative estimate of drug-likeness (QED) is 0.375. The van der Waals surface area contributed by atoms with Crippen LogP contribution in [0.15, 0.2) is 24.5 Å². The van der Waals surface area contributed by atoms with Crippen LogP contribution >= 0.6 is 0 Å². The second-order valence-corrected chi connectivity index (χ2v) is 6.89. The molecule has 11 nitrogen and oxygen atoms in total. The van der Waals surface area contributed by atoms with Crippen LogP contribution in [0, 0.1) is 10.1 Å². The monoisotopic (exact) mass is 416 g/mol. The van der Waals surface area contributed by atoms with Crippen LogP contribution in [0.2, 0.25) is 0 Å². The molecule has 0 amide bonds. The van der Waals surface area contributed by atoms with Gasteiger partial charge in [-0.3, -0.25) is 15.0 Å². The zero-order chi connectivity index (χ0) is 20.8. The molecule has 0 spiro atoms. The van der Waals surface area contributed by atoms with E-state index in [4.69, 9.17) is 14.2 Å². The van der Waals surface area contributed by atoms with E-state index in [2.05, 4.69) is 25.5 Å². The maximum Gasteiger partial charge on any atom is 0.353 e. The van der Waals surface area contributed by atoms with Crippen molar-refractivity contribution in [1.29, 1.82) is 0 Å². The zero-order valence-electron chi connectivity index (χ0n) is 16.5. The number of anilines is 3. The van der Waals surface area contributed by atoms with Crippen LogP contribution in [0.25, 0.3) is 0 Å². The van der Waals surface area contributed by atoms with E-state index < -0.39 is 4.92 Å². The van der Waals surface area contributed by atoms with Crippen molar-refractivity contribution in [3.8, 4) is 11.5 Å². The Kier molecular flexibility index (Phi) is 6.40. The molecule has 2 aromatic rings. The molecule has 0 saturated carbocycles. The third-order valence-electron chi connectivity index (χ3n) is 4.86. The largest absolute Gasteiger partial charge is 0.486 e. The molecule has 0 unspecified atom stereocenters. The Labute approximate surface area is 173 Å². The highest BCUT2D eigenvalue weighted by Gasteiger charge is 2.23. The van der Waals surface area contributed by atoms with Crippen molar-refractivity contribution in [2.45, 2.75) is 6.42 Å². The van der Waals surface area contributed by atoms with Gasteiger partial charge in [-0.15, -0.1) is 0 Å². The number of benzene rings is 1. The average molecular weight is 416 g/mol. The fourth-order valence-corrected chi connectivity index (χ4v) is 3.36. The van der Waals surface area contributed by atoms with Gasteiger partial charge in [0.2, 0.25) is 11.6 Å². The first kappa shape index (κ1) is 20.1. The minimum absolute atomic E-state index is 0.113. The molecule has 11 heteroatoms. The summed E-state index contributed by atoms with van der Waals surface area (Å²) in [5, 5.41) is 17.8. The second-order valence-electron chi connectivity index (χ2n) is 6.89. The van der Waals surface area contributed by atoms with Gasteiger partial charge in [0, 0.05) is 31.4 Å². The van der Waals surface area contributed by atoms with Crippen LogP contribution in [0.3, 0.4) is 0 Å². The smallest absolute Gasteiger partial charge is 0.353 e. The van der Waals surface area contributed by atoms with Crippen LogP contribution in [0.5, 0.6) is 11.5 Å². The van der Waals surface area contributed by atoms with Crippen molar-refractivity contribution < 1.29 is 19.1 Å². The number of hydrogen-bond donors (Lipinski definition) is 2. The summed E-state index contributed by atoms with van der Waals surface area (Å²) >= 11 is 0. The average Bonchev–Trinajstić information content (AvgIpc) is 2.77. The van der Waals surface area contributed by atoms with Crippen LogP contribution in [-0.4, -0.2) is 72.4 Å². The SMILES string of the molecule is O=[N+]([O-])c1c(NCCCN2CCOCC2)ncnc1Nc1ccc2c(c1)OCCO2. The van der Waals surface area contributed by atoms with E-state index in [0.717, 1.165) is 39.3 Å². The fraction of sp³-hybridized carbons (Fsp3) is 0.474. The molecule has 2 N–H and O–H groups in total. The Morgan fingerprint density at radius 1 is 1.07 bits per heavy atom. The third-order valence-corrected chi connectivity index (χ3v) is 4.86. The summed E-state index contributed by atoms with van der Waals surface area (Å²) in [5.74, 6) is 1.54. The lowest BCUT2D eigenvalue weighted by Crippen LogP contribution is -2.37. The van der Waals surface area contributed by atoms with Crippen LogP contribution in [0.4, 0.5) is 23.0 Å². The summed E-state index contributed by atoms with van der Waals surface area (Å²) in [6.07, 6.45) is 2.14. The van der Waals surface area contributed by atoms with E-state index >= 15 is 0 Å². The van der Waals surface area contributed by atoms with Crippen molar-refractivity contribution in [2.75, 3.05) is 63.2 Å². The summed E-state index contributed by atoms with van der Waals surface area (Å²) < 4.78 is 16.4. The number of fused-ring (bicyclic) bond motifs is 1. The van der Waals surface area contributed by atoms with Crippen LogP contribution in [0.1, 0.15) is 6.42 Å². The predicted molar refractivity (Wildman–Crippen MR) is 110 cm³/mol. The molecular weight excluding hydrogens is 392 g/mol. The number of nitro groups is 1. The first-order chi connectivity index (χ1) is 14.7. The number of rotatable bonds is 8. The van der Waals surface area contributed by atoms with Gasteiger partial charge in [-0.1, -0.05) is 0 Å². The zero-order valence-corrected chi connectivity index (χ0v) is 16.5. The maximum atomic E-state index is 11.7. The van der Waals surface area contributed by atoms with Gasteiger partial charge in [-0.2, -0.15) is 0 Å². The van der Waals surface area contributed by atoms with Gasteiger partial charge in [-0.25, -0.2) is 9.97 Å². The molecule has 30 heavy (non-hydrogen) atoms. The standard InChI is InChI=1S/C19H24N6O5/c26-25(27)17-18(20-4-1-5-24-6-8-28-9-7-24)21-13-22-19(17)23-14-2-3-15-16(12-14)30-11-10-29-15/h2-3,12-13H,1,4-11H2,(H2,20,21,22,23). The van der Waals surface area contributed by atoms with Crippen LogP contribution < -0.4 is 20.1 Å². The first-order valence-corrected chi connectivity index (χ1v) is 9.91. The highest BCUT2D eigenvalue weighted by atomic mass is 16.6. The minimum atomic E-state index is -0.481. The maximum absolute atomic E-state index is 11.7. The minimum Gasteiger partial charge on any atom is -0.486 e. The fourth-order valence-electron chi connectivity index (χ4n) is 3.36. The highest BCUT2D eigenvalue weighted by molar-refractivity contribution is 5.74. The Morgan fingerprint density at radius 3 is 2.63 bits per heavy atom. The van der Waals surface area contributed by atoms with Crippen molar-refractivity contribution in [3.63, 3.8) is 0 Å². The summed E-state index contributed by atoms with van der Waals surface area (Å²) in [6.45, 7) is 5.75. The van der Waals surface area contributed by atoms with Gasteiger partial charge >= 0.3 is 5.69 Å². The molecule has 0 bridgehead atoms. The van der Waals surface area contributed by atoms with Gasteiger partial charge in [0.25, 0.3) is 0 Å². The Balaban J connectivity index is 1.42. The normalized spacial score (nSPS) is 16.1. The van der Waals surface area contributed by atoms with Gasteiger partial charge in [0.1, 0.15) is 19.5 Å². The van der Waals surface area contributed by atoms with Gasteiger partial charge in [0.15, 0.2) is 11.5 Å². The van der Waals surface area contributed by atoms with Crippen molar-refractivity contribution in [3.05, 3.63) is 34.6 Å². The van der Waals surface area contributed by atoms with E-state index in [9.17, 15) is 10.1 Å². The number of nitrogens with zero attached hydrogens (tertiary/aromatic N) is 4. The molecule has 2 aliphatic heterocycles. The number of hydrogen-bond acceptors (Lipinski definition) is 10. The predicted octanol–water partition coefficient (Wildman–Crippen LogP) is 2.03. The molecule has 4 rings (SSSR count). The molecule has 160 valence electrons. The Morgan fingerprint density at radius 2 is 1.83 bits per heavy atom. The van der Waals surface area contributed by atoms with E-state index in [1.54, 1.807) is 18.2 Å². The topological polar surface area (TPSA) is 124 Å². The molecule has 3 heterocycles. The molecule has 1 aromatic carbocycles. The number of nitrogens with one attached hydrogen (secondary N) is 2.